The summed E-state index contributed by atoms with van der Waals surface area (Å²) in [6, 6.07) is 0. The number of hydrogen-bond donors (Lipinski definition) is 3. The Hall–Kier alpha value is -1.94. The number of hydrogen-bond acceptors (Lipinski definition) is 15. The molecule has 0 aromatic rings. The van der Waals surface area contributed by atoms with Crippen LogP contribution in [0.5, 0.6) is 0 Å². The van der Waals surface area contributed by atoms with Gasteiger partial charge in [0.05, 0.1) is 26.4 Å². The minimum Gasteiger partial charge on any atom is -0.462 e. The zero-order valence-corrected chi connectivity index (χ0v) is 67.5. The molecule has 0 aliphatic carbocycles. The number of carbonyl (C=O) groups is 4. The minimum atomic E-state index is -4.96. The molecule has 0 amide bonds. The largest absolute Gasteiger partial charge is 0.472 e. The summed E-state index contributed by atoms with van der Waals surface area (Å²) in [7, 11) is -9.92. The summed E-state index contributed by atoms with van der Waals surface area (Å²) in [5.74, 6) is 0.311. The maximum absolute atomic E-state index is 13.1. The average Bonchev–Trinajstić information content (AvgIpc) is 1.34. The molecule has 0 bridgehead atoms. The number of unbranched alkanes of at least 4 members (excludes halogenated alkanes) is 45. The highest BCUT2D eigenvalue weighted by Crippen LogP contribution is 2.45. The van der Waals surface area contributed by atoms with Crippen LogP contribution < -0.4 is 0 Å². The Bertz CT molecular complexity index is 1940. The minimum absolute atomic E-state index is 0.105. The Morgan fingerprint density at radius 1 is 0.290 bits per heavy atom. The lowest BCUT2D eigenvalue weighted by Crippen LogP contribution is -2.30. The fourth-order valence-corrected chi connectivity index (χ4v) is 14.0. The van der Waals surface area contributed by atoms with Gasteiger partial charge in [0.25, 0.3) is 0 Å². The Kier molecular flexibility index (Phi) is 69.9. The molecule has 0 fully saturated rings. The molecule has 7 atom stereocenters. The molecule has 4 unspecified atom stereocenters. The van der Waals surface area contributed by atoms with Crippen molar-refractivity contribution >= 4 is 39.5 Å². The maximum Gasteiger partial charge on any atom is 0.472 e. The van der Waals surface area contributed by atoms with E-state index in [2.05, 4.69) is 48.5 Å². The van der Waals surface area contributed by atoms with Gasteiger partial charge >= 0.3 is 39.5 Å². The van der Waals surface area contributed by atoms with Crippen molar-refractivity contribution in [1.82, 2.24) is 0 Å². The Morgan fingerprint density at radius 2 is 0.510 bits per heavy atom. The summed E-state index contributed by atoms with van der Waals surface area (Å²) in [6.45, 7) is 12.0. The highest BCUT2D eigenvalue weighted by atomic mass is 31.2. The number of phosphoric acid groups is 2. The molecule has 0 rings (SSSR count). The molecule has 0 aromatic heterocycles. The highest BCUT2D eigenvalue weighted by Gasteiger charge is 2.30. The van der Waals surface area contributed by atoms with Crippen LogP contribution >= 0.6 is 15.6 Å². The fraction of sp³-hybridized carbons (Fsp3) is 0.951. The molecule has 0 saturated carbocycles. The van der Waals surface area contributed by atoms with E-state index in [-0.39, 0.29) is 25.7 Å². The van der Waals surface area contributed by atoms with Gasteiger partial charge in [0.15, 0.2) is 12.2 Å². The van der Waals surface area contributed by atoms with Crippen molar-refractivity contribution in [2.24, 2.45) is 17.8 Å². The first-order chi connectivity index (χ1) is 48.3. The first kappa shape index (κ1) is 98.1. The quantitative estimate of drug-likeness (QED) is 0.0222. The number of carbonyl (C=O) groups excluding carboxylic acids is 4. The fourth-order valence-electron chi connectivity index (χ4n) is 12.4. The molecule has 0 heterocycles. The van der Waals surface area contributed by atoms with Crippen LogP contribution in [0.4, 0.5) is 0 Å². The molecule has 100 heavy (non-hydrogen) atoms. The first-order valence-corrected chi connectivity index (χ1v) is 44.9. The van der Waals surface area contributed by atoms with E-state index in [1.165, 1.54) is 231 Å². The van der Waals surface area contributed by atoms with Gasteiger partial charge in [-0.15, -0.1) is 0 Å². The van der Waals surface area contributed by atoms with Crippen molar-refractivity contribution in [3.63, 3.8) is 0 Å². The third kappa shape index (κ3) is 71.7. The van der Waals surface area contributed by atoms with Gasteiger partial charge in [-0.05, 0) is 43.4 Å². The van der Waals surface area contributed by atoms with Crippen molar-refractivity contribution in [1.29, 1.82) is 0 Å². The van der Waals surface area contributed by atoms with Crippen molar-refractivity contribution in [3.05, 3.63) is 0 Å². The molecule has 0 aliphatic rings. The van der Waals surface area contributed by atoms with Gasteiger partial charge in [0.1, 0.15) is 19.3 Å². The predicted octanol–water partition coefficient (Wildman–Crippen LogP) is 24.1. The molecular weight excluding hydrogens is 1310 g/mol. The number of ether oxygens (including phenoxy) is 4. The zero-order chi connectivity index (χ0) is 73.7. The number of phosphoric ester groups is 2. The van der Waals surface area contributed by atoms with Gasteiger partial charge in [-0.25, -0.2) is 9.13 Å². The molecule has 0 aromatic carbocycles. The van der Waals surface area contributed by atoms with Crippen LogP contribution in [0.15, 0.2) is 0 Å². The summed E-state index contributed by atoms with van der Waals surface area (Å²) in [6.07, 6.45) is 59.5. The summed E-state index contributed by atoms with van der Waals surface area (Å²) >= 11 is 0. The van der Waals surface area contributed by atoms with E-state index in [4.69, 9.17) is 37.0 Å². The summed E-state index contributed by atoms with van der Waals surface area (Å²) < 4.78 is 68.7. The van der Waals surface area contributed by atoms with Gasteiger partial charge < -0.3 is 33.8 Å². The third-order valence-corrected chi connectivity index (χ3v) is 21.5. The number of aliphatic hydroxyl groups excluding tert-OH is 1. The highest BCUT2D eigenvalue weighted by molar-refractivity contribution is 7.47. The van der Waals surface area contributed by atoms with E-state index in [0.717, 1.165) is 108 Å². The molecule has 0 saturated heterocycles. The topological polar surface area (TPSA) is 237 Å². The summed E-state index contributed by atoms with van der Waals surface area (Å²) in [5.41, 5.74) is 0. The van der Waals surface area contributed by atoms with Gasteiger partial charge in [0.2, 0.25) is 0 Å². The maximum atomic E-state index is 13.1. The van der Waals surface area contributed by atoms with Crippen LogP contribution in [0.25, 0.3) is 0 Å². The molecule has 0 radical (unpaired) electrons. The smallest absolute Gasteiger partial charge is 0.462 e. The van der Waals surface area contributed by atoms with Gasteiger partial charge in [-0.2, -0.15) is 0 Å². The molecule has 594 valence electrons. The predicted molar refractivity (Wildman–Crippen MR) is 409 cm³/mol. The molecular formula is C81H158O17P2. The second kappa shape index (κ2) is 71.3. The number of rotatable bonds is 79. The lowest BCUT2D eigenvalue weighted by Gasteiger charge is -2.21. The van der Waals surface area contributed by atoms with Crippen LogP contribution in [0.3, 0.4) is 0 Å². The van der Waals surface area contributed by atoms with Gasteiger partial charge in [-0.3, -0.25) is 37.3 Å². The molecule has 19 heteroatoms. The van der Waals surface area contributed by atoms with Crippen LogP contribution in [0, 0.1) is 17.8 Å². The second-order valence-corrected chi connectivity index (χ2v) is 33.0. The number of aliphatic hydroxyl groups is 1. The van der Waals surface area contributed by atoms with E-state index < -0.39 is 97.5 Å². The van der Waals surface area contributed by atoms with Crippen molar-refractivity contribution in [2.75, 3.05) is 39.6 Å². The van der Waals surface area contributed by atoms with Crippen molar-refractivity contribution < 1.29 is 80.2 Å². The lowest BCUT2D eigenvalue weighted by molar-refractivity contribution is -0.161. The van der Waals surface area contributed by atoms with Crippen LogP contribution in [0.2, 0.25) is 0 Å². The first-order valence-electron chi connectivity index (χ1n) is 41.9. The summed E-state index contributed by atoms with van der Waals surface area (Å²) in [5, 5.41) is 10.6. The normalized spacial score (nSPS) is 14.5. The van der Waals surface area contributed by atoms with E-state index in [1.807, 2.05) is 0 Å². The molecule has 0 spiro atoms. The molecule has 17 nitrogen and oxygen atoms in total. The SMILES string of the molecule is CCCCCCCCCCCCCCC(=O)OC[C@H](COP(=O)(O)OC[C@H](O)COP(=O)(O)OC[C@@H](COC(=O)CCCCCCCCCCCCCCCCC(C)CC)OC(=O)CCCCCCCCCCCCCCCCCC(C)C)OC(=O)CCCCCCCCCCC(C)CC. The monoisotopic (exact) mass is 1470 g/mol. The van der Waals surface area contributed by atoms with E-state index in [1.54, 1.807) is 0 Å². The Labute approximate surface area is 613 Å². The van der Waals surface area contributed by atoms with Gasteiger partial charge in [-0.1, -0.05) is 370 Å². The van der Waals surface area contributed by atoms with Crippen molar-refractivity contribution in [2.45, 2.75) is 439 Å². The zero-order valence-electron chi connectivity index (χ0n) is 65.7. The van der Waals surface area contributed by atoms with Crippen LogP contribution in [0.1, 0.15) is 421 Å². The third-order valence-electron chi connectivity index (χ3n) is 19.6. The Balaban J connectivity index is 5.25. The van der Waals surface area contributed by atoms with E-state index >= 15 is 0 Å². The van der Waals surface area contributed by atoms with Crippen LogP contribution in [-0.2, 0) is 65.4 Å². The van der Waals surface area contributed by atoms with Crippen molar-refractivity contribution in [3.8, 4) is 0 Å². The standard InChI is InChI=1S/C81H158O17P2/c1-8-11-12-13-14-15-16-28-33-41-48-55-62-78(83)92-69-77(98-81(86)65-58-51-44-37-36-40-47-54-61-74(7)10-3)71-96-100(89,90)94-67-75(82)66-93-99(87,88)95-70-76(97-80(85)64-57-50-43-35-30-25-19-17-18-22-26-31-38-45-52-59-72(4)5)68-91-79(84)63-56-49-42-34-29-24-21-20-23-27-32-39-46-53-60-73(6)9-2/h72-77,82H,8-71H2,1-7H3,(H,87,88)(H,89,90)/t73?,74?,75-,76-,77-/m1/s1. The van der Waals surface area contributed by atoms with Gasteiger partial charge in [0, 0.05) is 25.7 Å². The second-order valence-electron chi connectivity index (χ2n) is 30.1. The average molecular weight is 1470 g/mol. The van der Waals surface area contributed by atoms with E-state index in [0.29, 0.717) is 25.7 Å². The molecule has 0 aliphatic heterocycles. The molecule has 3 N–H and O–H groups in total. The number of esters is 4. The lowest BCUT2D eigenvalue weighted by atomic mass is 9.99. The van der Waals surface area contributed by atoms with Crippen LogP contribution in [-0.4, -0.2) is 96.7 Å². The summed E-state index contributed by atoms with van der Waals surface area (Å²) in [4.78, 5) is 73.0. The van der Waals surface area contributed by atoms with E-state index in [9.17, 15) is 43.2 Å². The Morgan fingerprint density at radius 3 is 0.760 bits per heavy atom.